The van der Waals surface area contributed by atoms with Crippen LogP contribution in [-0.2, 0) is 4.79 Å². The van der Waals surface area contributed by atoms with E-state index in [1.165, 1.54) is 41.0 Å². The highest BCUT2D eigenvalue weighted by Crippen LogP contribution is 2.28. The molecule has 0 aliphatic rings. The number of hydrogen-bond donors (Lipinski definition) is 0. The standard InChI is InChI=1S/C18H12F3N3O3/c1-11(12-3-2-4-14(7-12)27-18(19,20)21)24-16-6-5-13(23-10-25)8-15(16)22-9-17(24)26/h2-9,11H,1H3/t11-/m0/s1. The van der Waals surface area contributed by atoms with Gasteiger partial charge in [0.05, 0.1) is 29.0 Å². The Hall–Kier alpha value is -3.45. The van der Waals surface area contributed by atoms with Crippen molar-refractivity contribution in [2.24, 2.45) is 4.99 Å². The van der Waals surface area contributed by atoms with Crippen LogP contribution in [-0.4, -0.2) is 22.0 Å². The molecular weight excluding hydrogens is 363 g/mol. The lowest BCUT2D eigenvalue weighted by Crippen LogP contribution is -2.24. The first-order valence-electron chi connectivity index (χ1n) is 7.73. The third-order valence-electron chi connectivity index (χ3n) is 3.91. The molecule has 27 heavy (non-hydrogen) atoms. The van der Waals surface area contributed by atoms with Crippen molar-refractivity contribution in [2.75, 3.05) is 0 Å². The number of halogens is 3. The molecule has 0 N–H and O–H groups in total. The average Bonchev–Trinajstić information content (AvgIpc) is 2.60. The van der Waals surface area contributed by atoms with Crippen LogP contribution >= 0.6 is 0 Å². The van der Waals surface area contributed by atoms with Crippen molar-refractivity contribution in [3.8, 4) is 5.75 Å². The average molecular weight is 375 g/mol. The van der Waals surface area contributed by atoms with Crippen LogP contribution in [0.5, 0.6) is 5.75 Å². The summed E-state index contributed by atoms with van der Waals surface area (Å²) < 4.78 is 42.7. The molecule has 0 amide bonds. The molecule has 0 unspecified atom stereocenters. The molecule has 0 spiro atoms. The van der Waals surface area contributed by atoms with Crippen LogP contribution in [0.15, 0.2) is 58.4 Å². The third-order valence-corrected chi connectivity index (χ3v) is 3.91. The van der Waals surface area contributed by atoms with Crippen molar-refractivity contribution in [2.45, 2.75) is 19.3 Å². The van der Waals surface area contributed by atoms with E-state index in [-0.39, 0.29) is 5.75 Å². The van der Waals surface area contributed by atoms with Gasteiger partial charge in [-0.2, -0.15) is 4.99 Å². The van der Waals surface area contributed by atoms with Crippen LogP contribution < -0.4 is 10.3 Å². The van der Waals surface area contributed by atoms with Crippen molar-refractivity contribution in [1.82, 2.24) is 9.55 Å². The van der Waals surface area contributed by atoms with Gasteiger partial charge in [-0.05, 0) is 42.8 Å². The van der Waals surface area contributed by atoms with Crippen molar-refractivity contribution in [1.29, 1.82) is 0 Å². The monoisotopic (exact) mass is 375 g/mol. The molecule has 2 aromatic carbocycles. The maximum Gasteiger partial charge on any atom is 0.573 e. The number of aliphatic imine (C=N–C) groups is 1. The van der Waals surface area contributed by atoms with Crippen molar-refractivity contribution in [3.63, 3.8) is 0 Å². The summed E-state index contributed by atoms with van der Waals surface area (Å²) in [4.78, 5) is 30.3. The number of benzene rings is 2. The summed E-state index contributed by atoms with van der Waals surface area (Å²) in [6, 6.07) is 9.40. The summed E-state index contributed by atoms with van der Waals surface area (Å²) >= 11 is 0. The van der Waals surface area contributed by atoms with E-state index >= 15 is 0 Å². The first-order chi connectivity index (χ1) is 12.8. The van der Waals surface area contributed by atoms with Crippen molar-refractivity contribution in [3.05, 3.63) is 64.6 Å². The molecule has 0 aliphatic heterocycles. The largest absolute Gasteiger partial charge is 0.573 e. The molecule has 0 saturated carbocycles. The maximum absolute atomic E-state index is 12.4. The summed E-state index contributed by atoms with van der Waals surface area (Å²) in [7, 11) is 0. The second-order valence-corrected chi connectivity index (χ2v) is 5.64. The Kier molecular flexibility index (Phi) is 4.79. The van der Waals surface area contributed by atoms with Crippen LogP contribution in [0, 0.1) is 0 Å². The Morgan fingerprint density at radius 2 is 2.00 bits per heavy atom. The van der Waals surface area contributed by atoms with Gasteiger partial charge in [-0.25, -0.2) is 9.78 Å². The molecule has 0 fully saturated rings. The highest BCUT2D eigenvalue weighted by molar-refractivity contribution is 5.79. The van der Waals surface area contributed by atoms with Crippen LogP contribution in [0.3, 0.4) is 0 Å². The second kappa shape index (κ2) is 7.05. The highest BCUT2D eigenvalue weighted by atomic mass is 19.4. The third kappa shape index (κ3) is 4.04. The van der Waals surface area contributed by atoms with E-state index in [2.05, 4.69) is 14.7 Å². The molecule has 3 aromatic rings. The minimum atomic E-state index is -4.81. The number of isocyanates is 1. The van der Waals surface area contributed by atoms with Crippen molar-refractivity contribution < 1.29 is 22.7 Å². The number of rotatable bonds is 4. The first-order valence-corrected chi connectivity index (χ1v) is 7.73. The number of hydrogen-bond acceptors (Lipinski definition) is 5. The van der Waals surface area contributed by atoms with Gasteiger partial charge in [0.1, 0.15) is 5.75 Å². The van der Waals surface area contributed by atoms with Gasteiger partial charge in [-0.1, -0.05) is 12.1 Å². The molecule has 3 rings (SSSR count). The van der Waals surface area contributed by atoms with Crippen LogP contribution in [0.1, 0.15) is 18.5 Å². The molecule has 6 nitrogen and oxygen atoms in total. The smallest absolute Gasteiger partial charge is 0.406 e. The molecule has 1 heterocycles. The summed E-state index contributed by atoms with van der Waals surface area (Å²) in [6.07, 6.45) is -2.29. The van der Waals surface area contributed by atoms with Crippen LogP contribution in [0.4, 0.5) is 18.9 Å². The highest BCUT2D eigenvalue weighted by Gasteiger charge is 2.31. The van der Waals surface area contributed by atoms with Gasteiger partial charge in [0, 0.05) is 0 Å². The molecular formula is C18H12F3N3O3. The molecule has 0 bridgehead atoms. The number of fused-ring (bicyclic) bond motifs is 1. The Balaban J connectivity index is 2.09. The molecule has 1 aromatic heterocycles. The van der Waals surface area contributed by atoms with E-state index in [9.17, 15) is 22.8 Å². The summed E-state index contributed by atoms with van der Waals surface area (Å²) in [5.74, 6) is -0.374. The fraction of sp³-hybridized carbons (Fsp3) is 0.167. The zero-order chi connectivity index (χ0) is 19.6. The van der Waals surface area contributed by atoms with Crippen LogP contribution in [0.2, 0.25) is 0 Å². The molecule has 0 saturated heterocycles. The summed E-state index contributed by atoms with van der Waals surface area (Å²) in [6.45, 7) is 1.67. The number of alkyl halides is 3. The SMILES string of the molecule is C[C@@H](c1cccc(OC(F)(F)F)c1)n1c(=O)cnc2cc(N=C=O)ccc21. The Morgan fingerprint density at radius 3 is 2.70 bits per heavy atom. The first kappa shape index (κ1) is 18.3. The minimum absolute atomic E-state index is 0.323. The van der Waals surface area contributed by atoms with Gasteiger partial charge in [0.2, 0.25) is 6.08 Å². The van der Waals surface area contributed by atoms with E-state index in [0.717, 1.165) is 6.20 Å². The minimum Gasteiger partial charge on any atom is -0.406 e. The molecule has 1 atom stereocenters. The van der Waals surface area contributed by atoms with E-state index in [1.54, 1.807) is 19.1 Å². The fourth-order valence-electron chi connectivity index (χ4n) is 2.77. The van der Waals surface area contributed by atoms with E-state index in [0.29, 0.717) is 22.3 Å². The number of ether oxygens (including phenoxy) is 1. The Bertz CT molecular complexity index is 1100. The van der Waals surface area contributed by atoms with E-state index < -0.39 is 18.0 Å². The zero-order valence-corrected chi connectivity index (χ0v) is 13.9. The second-order valence-electron chi connectivity index (χ2n) is 5.64. The number of nitrogens with zero attached hydrogens (tertiary/aromatic N) is 3. The summed E-state index contributed by atoms with van der Waals surface area (Å²) in [5, 5.41) is 0. The predicted octanol–water partition coefficient (Wildman–Crippen LogP) is 3.87. The molecule has 9 heteroatoms. The van der Waals surface area contributed by atoms with Crippen molar-refractivity contribution >= 4 is 22.8 Å². The Labute approximate surface area is 150 Å². The van der Waals surface area contributed by atoms with E-state index in [1.807, 2.05) is 0 Å². The normalized spacial score (nSPS) is 12.4. The number of aromatic nitrogens is 2. The lowest BCUT2D eigenvalue weighted by molar-refractivity contribution is -0.274. The zero-order valence-electron chi connectivity index (χ0n) is 13.9. The molecule has 0 aliphatic carbocycles. The predicted molar refractivity (Wildman–Crippen MR) is 90.7 cm³/mol. The van der Waals surface area contributed by atoms with E-state index in [4.69, 9.17) is 0 Å². The molecule has 138 valence electrons. The quantitative estimate of drug-likeness (QED) is 0.513. The molecule has 0 radical (unpaired) electrons. The van der Waals surface area contributed by atoms with Gasteiger partial charge in [0.15, 0.2) is 0 Å². The van der Waals surface area contributed by atoms with Gasteiger partial charge >= 0.3 is 6.36 Å². The lowest BCUT2D eigenvalue weighted by atomic mass is 10.1. The van der Waals surface area contributed by atoms with Gasteiger partial charge in [0.25, 0.3) is 5.56 Å². The van der Waals surface area contributed by atoms with Gasteiger partial charge < -0.3 is 4.74 Å². The lowest BCUT2D eigenvalue weighted by Gasteiger charge is -2.19. The summed E-state index contributed by atoms with van der Waals surface area (Å²) in [5.41, 5.74) is 1.19. The Morgan fingerprint density at radius 1 is 1.22 bits per heavy atom. The van der Waals surface area contributed by atoms with Gasteiger partial charge in [-0.3, -0.25) is 9.36 Å². The maximum atomic E-state index is 12.4. The fourth-order valence-corrected chi connectivity index (χ4v) is 2.77. The number of carbonyl (C=O) groups excluding carboxylic acids is 1. The van der Waals surface area contributed by atoms with Crippen LogP contribution in [0.25, 0.3) is 11.0 Å². The topological polar surface area (TPSA) is 73.6 Å². The van der Waals surface area contributed by atoms with Gasteiger partial charge in [-0.15, -0.1) is 13.2 Å².